The zero-order valence-electron chi connectivity index (χ0n) is 9.21. The Morgan fingerprint density at radius 3 is 2.61 bits per heavy atom. The van der Waals surface area contributed by atoms with E-state index in [2.05, 4.69) is 9.97 Å². The minimum atomic E-state index is -4.50. The molecule has 1 saturated carbocycles. The Hall–Kier alpha value is -1.43. The van der Waals surface area contributed by atoms with E-state index >= 15 is 0 Å². The van der Waals surface area contributed by atoms with Gasteiger partial charge in [-0.2, -0.15) is 13.2 Å². The molecule has 1 aromatic carbocycles. The van der Waals surface area contributed by atoms with Crippen LogP contribution in [0.15, 0.2) is 18.2 Å². The van der Waals surface area contributed by atoms with Crippen LogP contribution in [-0.2, 0) is 6.18 Å². The monoisotopic (exact) mass is 270 g/mol. The first kappa shape index (κ1) is 11.6. The van der Waals surface area contributed by atoms with Gasteiger partial charge >= 0.3 is 6.18 Å². The van der Waals surface area contributed by atoms with Gasteiger partial charge in [-0.3, -0.25) is 0 Å². The molecule has 1 aliphatic rings. The minimum absolute atomic E-state index is 0.0154. The molecule has 1 fully saturated rings. The number of hydrogen-bond donors (Lipinski definition) is 1. The summed E-state index contributed by atoms with van der Waals surface area (Å²) in [6, 6.07) is 5.41. The van der Waals surface area contributed by atoms with Crippen LogP contribution in [0.5, 0.6) is 0 Å². The second kappa shape index (κ2) is 3.78. The van der Waals surface area contributed by atoms with Crippen LogP contribution in [-0.4, -0.2) is 9.97 Å². The molecule has 0 radical (unpaired) electrons. The summed E-state index contributed by atoms with van der Waals surface area (Å²) in [5, 5.41) is 0.558. The van der Waals surface area contributed by atoms with E-state index in [-0.39, 0.29) is 4.64 Å². The van der Waals surface area contributed by atoms with Crippen molar-refractivity contribution in [2.45, 2.75) is 24.9 Å². The Bertz CT molecular complexity index is 671. The van der Waals surface area contributed by atoms with Crippen LogP contribution in [0.3, 0.4) is 0 Å². The van der Waals surface area contributed by atoms with Crippen molar-refractivity contribution < 1.29 is 13.2 Å². The SMILES string of the molecule is FC(F)(F)c1nc(=S)c2ccc(C3CC3)cc2[nH]1. The highest BCUT2D eigenvalue weighted by molar-refractivity contribution is 7.71. The van der Waals surface area contributed by atoms with Gasteiger partial charge < -0.3 is 4.98 Å². The molecule has 0 spiro atoms. The molecule has 2 nitrogen and oxygen atoms in total. The van der Waals surface area contributed by atoms with Gasteiger partial charge in [-0.1, -0.05) is 18.3 Å². The largest absolute Gasteiger partial charge is 0.449 e. The fourth-order valence-corrected chi connectivity index (χ4v) is 2.24. The lowest BCUT2D eigenvalue weighted by atomic mass is 10.1. The molecule has 1 heterocycles. The van der Waals surface area contributed by atoms with Crippen molar-refractivity contribution in [1.82, 2.24) is 9.97 Å². The molecule has 1 N–H and O–H groups in total. The van der Waals surface area contributed by atoms with E-state index in [0.29, 0.717) is 16.8 Å². The summed E-state index contributed by atoms with van der Waals surface area (Å²) < 4.78 is 37.9. The third-order valence-electron chi connectivity index (χ3n) is 3.06. The molecule has 0 bridgehead atoms. The average Bonchev–Trinajstić information content (AvgIpc) is 3.10. The number of nitrogens with one attached hydrogen (secondary N) is 1. The summed E-state index contributed by atoms with van der Waals surface area (Å²) in [7, 11) is 0. The van der Waals surface area contributed by atoms with E-state index < -0.39 is 12.0 Å². The molecule has 1 aromatic heterocycles. The Kier molecular flexibility index (Phi) is 2.45. The van der Waals surface area contributed by atoms with Crippen molar-refractivity contribution >= 4 is 23.1 Å². The first-order valence-corrected chi connectivity index (χ1v) is 5.97. The normalized spacial score (nSPS) is 16.2. The van der Waals surface area contributed by atoms with Gasteiger partial charge in [0.2, 0.25) is 5.82 Å². The summed E-state index contributed by atoms with van der Waals surface area (Å²) in [6.07, 6.45) is -2.30. The zero-order chi connectivity index (χ0) is 12.9. The summed E-state index contributed by atoms with van der Waals surface area (Å²) in [5.74, 6) is -0.549. The highest BCUT2D eigenvalue weighted by Gasteiger charge is 2.34. The predicted molar refractivity (Wildman–Crippen MR) is 63.9 cm³/mol. The molecule has 18 heavy (non-hydrogen) atoms. The van der Waals surface area contributed by atoms with Crippen molar-refractivity contribution in [1.29, 1.82) is 0 Å². The number of nitrogens with zero attached hydrogens (tertiary/aromatic N) is 1. The molecule has 6 heteroatoms. The van der Waals surface area contributed by atoms with E-state index in [1.165, 1.54) is 0 Å². The molecule has 0 amide bonds. The molecular weight excluding hydrogens is 261 g/mol. The standard InChI is InChI=1S/C12H9F3N2S/c13-12(14,15)11-16-9-5-7(6-1-2-6)3-4-8(9)10(18)17-11/h3-6H,1-2H2,(H,16,17,18). The number of aromatic nitrogens is 2. The van der Waals surface area contributed by atoms with Gasteiger partial charge in [0, 0.05) is 5.39 Å². The van der Waals surface area contributed by atoms with Gasteiger partial charge in [-0.05, 0) is 36.5 Å². The predicted octanol–water partition coefficient (Wildman–Crippen LogP) is 4.19. The fourth-order valence-electron chi connectivity index (χ4n) is 1.97. The Morgan fingerprint density at radius 2 is 2.00 bits per heavy atom. The van der Waals surface area contributed by atoms with Crippen LogP contribution < -0.4 is 0 Å². The quantitative estimate of drug-likeness (QED) is 0.787. The molecule has 0 atom stereocenters. The van der Waals surface area contributed by atoms with Crippen LogP contribution in [0.25, 0.3) is 10.9 Å². The highest BCUT2D eigenvalue weighted by atomic mass is 32.1. The van der Waals surface area contributed by atoms with Gasteiger partial charge in [0.05, 0.1) is 5.52 Å². The van der Waals surface area contributed by atoms with Crippen LogP contribution in [0.1, 0.15) is 30.1 Å². The molecular formula is C12H9F3N2S. The van der Waals surface area contributed by atoms with Gasteiger partial charge in [-0.25, -0.2) is 4.98 Å². The number of halogens is 3. The zero-order valence-corrected chi connectivity index (χ0v) is 10.0. The van der Waals surface area contributed by atoms with E-state index in [1.54, 1.807) is 12.1 Å². The maximum atomic E-state index is 12.6. The van der Waals surface area contributed by atoms with E-state index in [9.17, 15) is 13.2 Å². The highest BCUT2D eigenvalue weighted by Crippen LogP contribution is 2.40. The number of hydrogen-bond acceptors (Lipinski definition) is 2. The molecule has 0 unspecified atom stereocenters. The van der Waals surface area contributed by atoms with Crippen LogP contribution in [0, 0.1) is 4.64 Å². The van der Waals surface area contributed by atoms with Crippen molar-refractivity contribution in [3.8, 4) is 0 Å². The summed E-state index contributed by atoms with van der Waals surface area (Å²) in [4.78, 5) is 5.72. The molecule has 3 rings (SSSR count). The average molecular weight is 270 g/mol. The summed E-state index contributed by atoms with van der Waals surface area (Å²) in [6.45, 7) is 0. The van der Waals surface area contributed by atoms with Crippen molar-refractivity contribution in [3.63, 3.8) is 0 Å². The van der Waals surface area contributed by atoms with Gasteiger partial charge in [0.1, 0.15) is 4.64 Å². The van der Waals surface area contributed by atoms with E-state index in [4.69, 9.17) is 12.2 Å². The lowest BCUT2D eigenvalue weighted by Gasteiger charge is -2.08. The van der Waals surface area contributed by atoms with Crippen molar-refractivity contribution in [2.75, 3.05) is 0 Å². The molecule has 0 saturated heterocycles. The number of aromatic amines is 1. The Morgan fingerprint density at radius 1 is 1.28 bits per heavy atom. The molecule has 2 aromatic rings. The number of H-pyrrole nitrogens is 1. The molecule has 94 valence electrons. The molecule has 0 aliphatic heterocycles. The molecule has 1 aliphatic carbocycles. The number of rotatable bonds is 1. The third kappa shape index (κ3) is 2.01. The number of fused-ring (bicyclic) bond motifs is 1. The third-order valence-corrected chi connectivity index (χ3v) is 3.37. The van der Waals surface area contributed by atoms with Gasteiger partial charge in [0.15, 0.2) is 0 Å². The number of benzene rings is 1. The first-order valence-electron chi connectivity index (χ1n) is 5.56. The maximum absolute atomic E-state index is 12.6. The topological polar surface area (TPSA) is 28.7 Å². The van der Waals surface area contributed by atoms with E-state index in [1.807, 2.05) is 6.07 Å². The second-order valence-corrected chi connectivity index (χ2v) is 4.85. The number of alkyl halides is 3. The van der Waals surface area contributed by atoms with Crippen LogP contribution in [0.4, 0.5) is 13.2 Å². The van der Waals surface area contributed by atoms with Crippen LogP contribution in [0.2, 0.25) is 0 Å². The first-order chi connectivity index (χ1) is 8.45. The summed E-state index contributed by atoms with van der Waals surface area (Å²) in [5.41, 5.74) is 1.47. The van der Waals surface area contributed by atoms with Crippen LogP contribution >= 0.6 is 12.2 Å². The fraction of sp³-hybridized carbons (Fsp3) is 0.333. The van der Waals surface area contributed by atoms with Gasteiger partial charge in [0.25, 0.3) is 0 Å². The smallest absolute Gasteiger partial charge is 0.335 e. The minimum Gasteiger partial charge on any atom is -0.335 e. The Balaban J connectivity index is 2.23. The van der Waals surface area contributed by atoms with Gasteiger partial charge in [-0.15, -0.1) is 0 Å². The van der Waals surface area contributed by atoms with Crippen molar-refractivity contribution in [3.05, 3.63) is 34.2 Å². The van der Waals surface area contributed by atoms with E-state index in [0.717, 1.165) is 18.4 Å². The van der Waals surface area contributed by atoms with Crippen molar-refractivity contribution in [2.24, 2.45) is 0 Å². The summed E-state index contributed by atoms with van der Waals surface area (Å²) >= 11 is 4.90. The lowest BCUT2D eigenvalue weighted by Crippen LogP contribution is -2.11. The Labute approximate surface area is 106 Å². The second-order valence-electron chi connectivity index (χ2n) is 4.47. The lowest BCUT2D eigenvalue weighted by molar-refractivity contribution is -0.144. The maximum Gasteiger partial charge on any atom is 0.449 e.